The molecule has 0 unspecified atom stereocenters. The number of rotatable bonds is 19. The summed E-state index contributed by atoms with van der Waals surface area (Å²) in [7, 11) is 0. The van der Waals surface area contributed by atoms with Crippen molar-refractivity contribution >= 4 is 0 Å². The van der Waals surface area contributed by atoms with E-state index >= 15 is 0 Å². The number of hydrogen-bond acceptors (Lipinski definition) is 1. The van der Waals surface area contributed by atoms with Gasteiger partial charge < -0.3 is 4.57 Å². The maximum absolute atomic E-state index is 5.04. The third-order valence-electron chi connectivity index (χ3n) is 6.41. The van der Waals surface area contributed by atoms with E-state index in [9.17, 15) is 0 Å². The van der Waals surface area contributed by atoms with Crippen LogP contribution in [0.25, 0.3) is 0 Å². The SMILES string of the molecule is CCCCCCCCCCCCCc1nc(CCCc2ccccc2)cn1CCCC. The summed E-state index contributed by atoms with van der Waals surface area (Å²) in [6, 6.07) is 10.8. The Morgan fingerprint density at radius 1 is 0.613 bits per heavy atom. The van der Waals surface area contributed by atoms with Gasteiger partial charge in [-0.1, -0.05) is 115 Å². The van der Waals surface area contributed by atoms with Gasteiger partial charge in [0, 0.05) is 19.2 Å². The first kappa shape index (κ1) is 25.7. The summed E-state index contributed by atoms with van der Waals surface area (Å²) in [6.45, 7) is 5.71. The number of hydrogen-bond donors (Lipinski definition) is 0. The second-order valence-corrected chi connectivity index (χ2v) is 9.32. The molecule has 0 N–H and O–H groups in total. The first-order valence-corrected chi connectivity index (χ1v) is 13.4. The summed E-state index contributed by atoms with van der Waals surface area (Å²) >= 11 is 0. The third-order valence-corrected chi connectivity index (χ3v) is 6.41. The van der Waals surface area contributed by atoms with E-state index in [1.807, 2.05) is 0 Å². The lowest BCUT2D eigenvalue weighted by molar-refractivity contribution is 0.540. The van der Waals surface area contributed by atoms with Crippen molar-refractivity contribution in [1.29, 1.82) is 0 Å². The summed E-state index contributed by atoms with van der Waals surface area (Å²) in [6.07, 6.45) is 24.9. The second-order valence-electron chi connectivity index (χ2n) is 9.32. The average Bonchev–Trinajstić information content (AvgIpc) is 3.18. The van der Waals surface area contributed by atoms with Gasteiger partial charge in [0.05, 0.1) is 5.69 Å². The summed E-state index contributed by atoms with van der Waals surface area (Å²) in [5, 5.41) is 0. The molecule has 2 nitrogen and oxygen atoms in total. The molecule has 0 saturated carbocycles. The zero-order valence-corrected chi connectivity index (χ0v) is 20.6. The fraction of sp³-hybridized carbons (Fsp3) is 0.690. The Balaban J connectivity index is 1.64. The van der Waals surface area contributed by atoms with Gasteiger partial charge in [-0.2, -0.15) is 0 Å². The van der Waals surface area contributed by atoms with Crippen LogP contribution in [0.1, 0.15) is 121 Å². The molecule has 0 aliphatic heterocycles. The topological polar surface area (TPSA) is 17.8 Å². The number of aryl methyl sites for hydroxylation is 4. The molecule has 1 aromatic carbocycles. The highest BCUT2D eigenvalue weighted by Gasteiger charge is 2.08. The summed E-state index contributed by atoms with van der Waals surface area (Å²) in [5.74, 6) is 1.33. The molecule has 0 radical (unpaired) electrons. The minimum Gasteiger partial charge on any atom is -0.335 e. The number of imidazole rings is 1. The highest BCUT2D eigenvalue weighted by molar-refractivity contribution is 5.15. The van der Waals surface area contributed by atoms with Crippen molar-refractivity contribution in [2.75, 3.05) is 0 Å². The highest BCUT2D eigenvalue weighted by Crippen LogP contribution is 2.15. The van der Waals surface area contributed by atoms with Gasteiger partial charge in [-0.15, -0.1) is 0 Å². The van der Waals surface area contributed by atoms with Gasteiger partial charge in [0.2, 0.25) is 0 Å². The average molecular weight is 425 g/mol. The van der Waals surface area contributed by atoms with E-state index in [-0.39, 0.29) is 0 Å². The monoisotopic (exact) mass is 424 g/mol. The molecule has 0 amide bonds. The predicted octanol–water partition coefficient (Wildman–Crippen LogP) is 8.71. The zero-order chi connectivity index (χ0) is 22.0. The van der Waals surface area contributed by atoms with Gasteiger partial charge in [-0.3, -0.25) is 0 Å². The van der Waals surface area contributed by atoms with Crippen LogP contribution in [0.5, 0.6) is 0 Å². The van der Waals surface area contributed by atoms with Crippen LogP contribution in [0.4, 0.5) is 0 Å². The molecule has 0 aliphatic rings. The number of unbranched alkanes of at least 4 members (excludes halogenated alkanes) is 11. The molecule has 0 saturated heterocycles. The van der Waals surface area contributed by atoms with Crippen LogP contribution in [0.15, 0.2) is 36.5 Å². The van der Waals surface area contributed by atoms with Crippen molar-refractivity contribution in [3.05, 3.63) is 53.6 Å². The Labute approximate surface area is 192 Å². The van der Waals surface area contributed by atoms with Gasteiger partial charge in [-0.25, -0.2) is 4.98 Å². The highest BCUT2D eigenvalue weighted by atomic mass is 15.1. The molecule has 1 aromatic heterocycles. The molecule has 2 heteroatoms. The van der Waals surface area contributed by atoms with Crippen molar-refractivity contribution in [2.45, 2.75) is 130 Å². The molecule has 174 valence electrons. The van der Waals surface area contributed by atoms with Crippen LogP contribution >= 0.6 is 0 Å². The largest absolute Gasteiger partial charge is 0.335 e. The third kappa shape index (κ3) is 11.6. The quantitative estimate of drug-likeness (QED) is 0.206. The Morgan fingerprint density at radius 3 is 1.87 bits per heavy atom. The fourth-order valence-electron chi connectivity index (χ4n) is 4.42. The molecular formula is C29H48N2. The van der Waals surface area contributed by atoms with E-state index in [1.54, 1.807) is 0 Å². The standard InChI is InChI=1S/C29H48N2/c1-3-5-7-8-9-10-11-12-13-14-18-24-29-30-28(26-31(29)25-6-4-2)23-19-22-27-20-16-15-17-21-27/h15-17,20-21,26H,3-14,18-19,22-25H2,1-2H3. The van der Waals surface area contributed by atoms with Gasteiger partial charge in [0.1, 0.15) is 5.82 Å². The first-order chi connectivity index (χ1) is 15.3. The van der Waals surface area contributed by atoms with Gasteiger partial charge in [-0.05, 0) is 37.7 Å². The second kappa shape index (κ2) is 17.0. The molecule has 2 aromatic rings. The first-order valence-electron chi connectivity index (χ1n) is 13.4. The van der Waals surface area contributed by atoms with E-state index in [2.05, 4.69) is 54.9 Å². The van der Waals surface area contributed by atoms with Crippen LogP contribution < -0.4 is 0 Å². The normalized spacial score (nSPS) is 11.3. The van der Waals surface area contributed by atoms with E-state index in [0.29, 0.717) is 0 Å². The van der Waals surface area contributed by atoms with Crippen molar-refractivity contribution in [3.8, 4) is 0 Å². The lowest BCUT2D eigenvalue weighted by Gasteiger charge is -2.07. The number of benzene rings is 1. The van der Waals surface area contributed by atoms with E-state index < -0.39 is 0 Å². The molecule has 0 atom stereocenters. The van der Waals surface area contributed by atoms with Gasteiger partial charge in [0.15, 0.2) is 0 Å². The Morgan fingerprint density at radius 2 is 1.23 bits per heavy atom. The van der Waals surface area contributed by atoms with E-state index in [0.717, 1.165) is 25.8 Å². The number of aromatic nitrogens is 2. The van der Waals surface area contributed by atoms with Gasteiger partial charge in [0.25, 0.3) is 0 Å². The van der Waals surface area contributed by atoms with Crippen molar-refractivity contribution in [3.63, 3.8) is 0 Å². The Kier molecular flexibility index (Phi) is 14.1. The van der Waals surface area contributed by atoms with Crippen LogP contribution in [0, 0.1) is 0 Å². The lowest BCUT2D eigenvalue weighted by Crippen LogP contribution is -2.03. The minimum atomic E-state index is 1.10. The van der Waals surface area contributed by atoms with Crippen LogP contribution in [-0.4, -0.2) is 9.55 Å². The Hall–Kier alpha value is -1.57. The molecule has 0 bridgehead atoms. The van der Waals surface area contributed by atoms with Crippen molar-refractivity contribution < 1.29 is 0 Å². The van der Waals surface area contributed by atoms with E-state index in [1.165, 1.54) is 107 Å². The molecule has 0 spiro atoms. The maximum atomic E-state index is 5.04. The predicted molar refractivity (Wildman–Crippen MR) is 136 cm³/mol. The Bertz CT molecular complexity index is 659. The molecule has 1 heterocycles. The number of nitrogens with zero attached hydrogens (tertiary/aromatic N) is 2. The lowest BCUT2D eigenvalue weighted by atomic mass is 10.1. The van der Waals surface area contributed by atoms with Crippen LogP contribution in [0.2, 0.25) is 0 Å². The maximum Gasteiger partial charge on any atom is 0.108 e. The summed E-state index contributed by atoms with van der Waals surface area (Å²) in [4.78, 5) is 5.04. The molecule has 0 aliphatic carbocycles. The van der Waals surface area contributed by atoms with Crippen LogP contribution in [0.3, 0.4) is 0 Å². The molecule has 2 rings (SSSR count). The van der Waals surface area contributed by atoms with Crippen LogP contribution in [-0.2, 0) is 25.8 Å². The van der Waals surface area contributed by atoms with E-state index in [4.69, 9.17) is 4.98 Å². The van der Waals surface area contributed by atoms with Crippen molar-refractivity contribution in [1.82, 2.24) is 9.55 Å². The minimum absolute atomic E-state index is 1.10. The van der Waals surface area contributed by atoms with Gasteiger partial charge >= 0.3 is 0 Å². The summed E-state index contributed by atoms with van der Waals surface area (Å²) < 4.78 is 2.46. The van der Waals surface area contributed by atoms with Crippen molar-refractivity contribution in [2.24, 2.45) is 0 Å². The molecule has 31 heavy (non-hydrogen) atoms. The fourth-order valence-corrected chi connectivity index (χ4v) is 4.42. The molecular weight excluding hydrogens is 376 g/mol. The smallest absolute Gasteiger partial charge is 0.108 e. The zero-order valence-electron chi connectivity index (χ0n) is 20.6. The molecule has 0 fully saturated rings. The summed E-state index contributed by atoms with van der Waals surface area (Å²) in [5.41, 5.74) is 2.74.